The molecule has 0 spiro atoms. The predicted octanol–water partition coefficient (Wildman–Crippen LogP) is 1.60. The molecule has 1 aromatic carbocycles. The molecule has 0 bridgehead atoms. The Morgan fingerprint density at radius 2 is 2.11 bits per heavy atom. The van der Waals surface area contributed by atoms with Crippen molar-refractivity contribution in [1.82, 2.24) is 10.6 Å². The van der Waals surface area contributed by atoms with E-state index in [4.69, 9.17) is 4.74 Å². The number of amides is 1. The van der Waals surface area contributed by atoms with E-state index >= 15 is 0 Å². The number of carbonyl (C=O) groups is 1. The number of para-hydroxylation sites is 1. The number of hydrogen-bond donors (Lipinski definition) is 2. The Kier molecular flexibility index (Phi) is 6.97. The van der Waals surface area contributed by atoms with E-state index in [9.17, 15) is 4.79 Å². The summed E-state index contributed by atoms with van der Waals surface area (Å²) in [6.45, 7) is 6.21. The summed E-state index contributed by atoms with van der Waals surface area (Å²) in [5.74, 6) is 0.964. The summed E-state index contributed by atoms with van der Waals surface area (Å²) in [6, 6.07) is 7.88. The number of benzene rings is 1. The Bertz CT molecular complexity index is 393. The van der Waals surface area contributed by atoms with Crippen molar-refractivity contribution in [2.45, 2.75) is 20.3 Å². The van der Waals surface area contributed by atoms with Crippen LogP contribution in [-0.4, -0.2) is 32.7 Å². The van der Waals surface area contributed by atoms with Crippen molar-refractivity contribution in [2.24, 2.45) is 5.92 Å². The van der Waals surface area contributed by atoms with Crippen molar-refractivity contribution in [1.29, 1.82) is 0 Å². The normalized spacial score (nSPS) is 11.9. The van der Waals surface area contributed by atoms with Gasteiger partial charge in [-0.1, -0.05) is 32.0 Å². The smallest absolute Gasteiger partial charge is 0.224 e. The van der Waals surface area contributed by atoms with Crippen LogP contribution in [0.1, 0.15) is 19.4 Å². The molecule has 0 radical (unpaired) electrons. The van der Waals surface area contributed by atoms with Gasteiger partial charge < -0.3 is 15.4 Å². The van der Waals surface area contributed by atoms with Crippen LogP contribution in [0.15, 0.2) is 24.3 Å². The van der Waals surface area contributed by atoms with Crippen LogP contribution in [0.5, 0.6) is 5.75 Å². The van der Waals surface area contributed by atoms with Crippen LogP contribution in [0.3, 0.4) is 0 Å². The van der Waals surface area contributed by atoms with Crippen LogP contribution in [0.4, 0.5) is 0 Å². The van der Waals surface area contributed by atoms with Crippen LogP contribution in [0.2, 0.25) is 0 Å². The molecular weight excluding hydrogens is 240 g/mol. The van der Waals surface area contributed by atoms with Crippen LogP contribution in [0.25, 0.3) is 0 Å². The van der Waals surface area contributed by atoms with Gasteiger partial charge in [0.15, 0.2) is 0 Å². The molecule has 1 atom stereocenters. The Hall–Kier alpha value is -1.55. The second-order valence-electron chi connectivity index (χ2n) is 4.56. The lowest BCUT2D eigenvalue weighted by atomic mass is 10.1. The van der Waals surface area contributed by atoms with Gasteiger partial charge in [-0.25, -0.2) is 0 Å². The van der Waals surface area contributed by atoms with Gasteiger partial charge in [0.05, 0.1) is 7.11 Å². The minimum absolute atomic E-state index is 0.00220. The molecule has 0 aliphatic rings. The van der Waals surface area contributed by atoms with Gasteiger partial charge in [0, 0.05) is 19.0 Å². The highest BCUT2D eigenvalue weighted by Gasteiger charge is 2.11. The highest BCUT2D eigenvalue weighted by atomic mass is 16.5. The van der Waals surface area contributed by atoms with Gasteiger partial charge in [0.25, 0.3) is 0 Å². The second kappa shape index (κ2) is 8.53. The minimum Gasteiger partial charge on any atom is -0.496 e. The summed E-state index contributed by atoms with van der Waals surface area (Å²) in [4.78, 5) is 11.8. The predicted molar refractivity (Wildman–Crippen MR) is 77.4 cm³/mol. The summed E-state index contributed by atoms with van der Waals surface area (Å²) in [5.41, 5.74) is 1.12. The highest BCUT2D eigenvalue weighted by Crippen LogP contribution is 2.17. The van der Waals surface area contributed by atoms with Gasteiger partial charge in [0.1, 0.15) is 5.75 Å². The molecule has 0 aliphatic carbocycles. The Morgan fingerprint density at radius 1 is 1.37 bits per heavy atom. The summed E-state index contributed by atoms with van der Waals surface area (Å²) in [7, 11) is 1.66. The second-order valence-corrected chi connectivity index (χ2v) is 4.56. The maximum Gasteiger partial charge on any atom is 0.224 e. The van der Waals surface area contributed by atoms with E-state index in [2.05, 4.69) is 10.6 Å². The van der Waals surface area contributed by atoms with Crippen molar-refractivity contribution in [3.8, 4) is 5.75 Å². The summed E-state index contributed by atoms with van der Waals surface area (Å²) < 4.78 is 5.28. The van der Waals surface area contributed by atoms with E-state index in [1.807, 2.05) is 38.1 Å². The molecule has 0 saturated heterocycles. The van der Waals surface area contributed by atoms with E-state index in [1.54, 1.807) is 7.11 Å². The summed E-state index contributed by atoms with van der Waals surface area (Å²) >= 11 is 0. The lowest BCUT2D eigenvalue weighted by Gasteiger charge is -2.13. The molecule has 2 N–H and O–H groups in total. The molecule has 1 amide bonds. The maximum atomic E-state index is 11.8. The number of carbonyl (C=O) groups excluding carboxylic acids is 1. The van der Waals surface area contributed by atoms with Gasteiger partial charge >= 0.3 is 0 Å². The fraction of sp³-hybridized carbons (Fsp3) is 0.533. The molecule has 0 saturated carbocycles. The van der Waals surface area contributed by atoms with Gasteiger partial charge in [-0.3, -0.25) is 4.79 Å². The van der Waals surface area contributed by atoms with Crippen molar-refractivity contribution in [2.75, 3.05) is 26.7 Å². The lowest BCUT2D eigenvalue weighted by Crippen LogP contribution is -2.36. The van der Waals surface area contributed by atoms with Crippen molar-refractivity contribution >= 4 is 5.91 Å². The number of hydrogen-bond acceptors (Lipinski definition) is 3. The average Bonchev–Trinajstić information content (AvgIpc) is 2.45. The number of nitrogens with one attached hydrogen (secondary N) is 2. The maximum absolute atomic E-state index is 11.8. The van der Waals surface area contributed by atoms with E-state index < -0.39 is 0 Å². The fourth-order valence-electron chi connectivity index (χ4n) is 1.86. The molecular formula is C15H24N2O2. The molecule has 0 aliphatic heterocycles. The number of methoxy groups -OCH3 is 1. The Labute approximate surface area is 115 Å². The van der Waals surface area contributed by atoms with Crippen LogP contribution < -0.4 is 15.4 Å². The highest BCUT2D eigenvalue weighted by molar-refractivity contribution is 5.78. The summed E-state index contributed by atoms with van der Waals surface area (Å²) in [6.07, 6.45) is 0.781. The number of ether oxygens (including phenoxy) is 1. The zero-order valence-corrected chi connectivity index (χ0v) is 12.0. The largest absolute Gasteiger partial charge is 0.496 e. The lowest BCUT2D eigenvalue weighted by molar-refractivity contribution is -0.124. The standard InChI is InChI=1S/C15H24N2O2/c1-4-16-11-12(2)15(18)17-10-9-13-7-5-6-8-14(13)19-3/h5-8,12,16H,4,9-11H2,1-3H3,(H,17,18). The molecule has 0 heterocycles. The molecule has 0 aromatic heterocycles. The third-order valence-corrected chi connectivity index (χ3v) is 3.03. The first-order valence-corrected chi connectivity index (χ1v) is 6.79. The van der Waals surface area contributed by atoms with E-state index in [1.165, 1.54) is 0 Å². The van der Waals surface area contributed by atoms with Gasteiger partial charge in [0.2, 0.25) is 5.91 Å². The van der Waals surface area contributed by atoms with Crippen molar-refractivity contribution in [3.63, 3.8) is 0 Å². The first-order chi connectivity index (χ1) is 9.19. The molecule has 1 rings (SSSR count). The third-order valence-electron chi connectivity index (χ3n) is 3.03. The molecule has 106 valence electrons. The Morgan fingerprint density at radius 3 is 2.79 bits per heavy atom. The van der Waals surface area contributed by atoms with Crippen LogP contribution in [0, 0.1) is 5.92 Å². The summed E-state index contributed by atoms with van der Waals surface area (Å²) in [5, 5.41) is 6.13. The molecule has 19 heavy (non-hydrogen) atoms. The van der Waals surface area contributed by atoms with Gasteiger partial charge in [-0.05, 0) is 24.6 Å². The van der Waals surface area contributed by atoms with E-state index in [0.29, 0.717) is 6.54 Å². The van der Waals surface area contributed by atoms with Crippen LogP contribution >= 0.6 is 0 Å². The van der Waals surface area contributed by atoms with Gasteiger partial charge in [-0.15, -0.1) is 0 Å². The fourth-order valence-corrected chi connectivity index (χ4v) is 1.86. The first-order valence-electron chi connectivity index (χ1n) is 6.79. The SMILES string of the molecule is CCNCC(C)C(=O)NCCc1ccccc1OC. The zero-order chi connectivity index (χ0) is 14.1. The average molecular weight is 264 g/mol. The monoisotopic (exact) mass is 264 g/mol. The Balaban J connectivity index is 2.35. The van der Waals surface area contributed by atoms with Crippen LogP contribution in [-0.2, 0) is 11.2 Å². The van der Waals surface area contributed by atoms with Crippen molar-refractivity contribution < 1.29 is 9.53 Å². The molecule has 0 fully saturated rings. The quantitative estimate of drug-likeness (QED) is 0.750. The zero-order valence-electron chi connectivity index (χ0n) is 12.0. The first kappa shape index (κ1) is 15.5. The number of rotatable bonds is 8. The molecule has 4 nitrogen and oxygen atoms in total. The minimum atomic E-state index is -0.00220. The van der Waals surface area contributed by atoms with Crippen molar-refractivity contribution in [3.05, 3.63) is 29.8 Å². The molecule has 1 unspecified atom stereocenters. The topological polar surface area (TPSA) is 50.4 Å². The van der Waals surface area contributed by atoms with E-state index in [-0.39, 0.29) is 11.8 Å². The van der Waals surface area contributed by atoms with E-state index in [0.717, 1.165) is 30.8 Å². The van der Waals surface area contributed by atoms with Gasteiger partial charge in [-0.2, -0.15) is 0 Å². The third kappa shape index (κ3) is 5.30. The molecule has 1 aromatic rings. The molecule has 4 heteroatoms.